The molecule has 1 atom stereocenters. The van der Waals surface area contributed by atoms with Crippen molar-refractivity contribution in [2.24, 2.45) is 5.73 Å². The molecule has 0 saturated carbocycles. The fourth-order valence-electron chi connectivity index (χ4n) is 2.30. The standard InChI is InChI=1S/C15H20ClN3O2/c1-2-10(17)8-14(20)18-11-5-6-13(12(16)9-11)19-7-3-4-15(19)21/h5-6,9-10H,2-4,7-8,17H2,1H3,(H,18,20). The summed E-state index contributed by atoms with van der Waals surface area (Å²) in [7, 11) is 0. The Bertz CT molecular complexity index is 548. The zero-order valence-corrected chi connectivity index (χ0v) is 12.8. The summed E-state index contributed by atoms with van der Waals surface area (Å²) in [6, 6.07) is 5.04. The van der Waals surface area contributed by atoms with E-state index < -0.39 is 0 Å². The fourth-order valence-corrected chi connectivity index (χ4v) is 2.58. The molecule has 0 radical (unpaired) electrons. The molecule has 0 spiro atoms. The summed E-state index contributed by atoms with van der Waals surface area (Å²) in [5, 5.41) is 3.23. The molecular weight excluding hydrogens is 290 g/mol. The molecule has 2 amide bonds. The van der Waals surface area contributed by atoms with Crippen LogP contribution in [0.1, 0.15) is 32.6 Å². The maximum absolute atomic E-state index is 11.8. The summed E-state index contributed by atoms with van der Waals surface area (Å²) in [5.41, 5.74) is 7.06. The highest BCUT2D eigenvalue weighted by Crippen LogP contribution is 2.31. The third kappa shape index (κ3) is 3.95. The maximum atomic E-state index is 11.8. The number of carbonyl (C=O) groups excluding carboxylic acids is 2. The monoisotopic (exact) mass is 309 g/mol. The first-order valence-electron chi connectivity index (χ1n) is 7.16. The molecule has 1 heterocycles. The zero-order chi connectivity index (χ0) is 15.4. The highest BCUT2D eigenvalue weighted by atomic mass is 35.5. The smallest absolute Gasteiger partial charge is 0.227 e. The van der Waals surface area contributed by atoms with Gasteiger partial charge in [-0.25, -0.2) is 0 Å². The number of nitrogens with zero attached hydrogens (tertiary/aromatic N) is 1. The van der Waals surface area contributed by atoms with Crippen molar-refractivity contribution in [3.8, 4) is 0 Å². The van der Waals surface area contributed by atoms with Crippen LogP contribution in [0.3, 0.4) is 0 Å². The number of hydrogen-bond donors (Lipinski definition) is 2. The van der Waals surface area contributed by atoms with Gasteiger partial charge < -0.3 is 16.0 Å². The molecule has 1 aromatic rings. The molecule has 0 aliphatic carbocycles. The Morgan fingerprint density at radius 1 is 1.52 bits per heavy atom. The van der Waals surface area contributed by atoms with Gasteiger partial charge in [0.15, 0.2) is 0 Å². The Balaban J connectivity index is 2.05. The number of halogens is 1. The van der Waals surface area contributed by atoms with Gasteiger partial charge in [-0.3, -0.25) is 9.59 Å². The van der Waals surface area contributed by atoms with Gasteiger partial charge in [-0.15, -0.1) is 0 Å². The second-order valence-electron chi connectivity index (χ2n) is 5.24. The van der Waals surface area contributed by atoms with Gasteiger partial charge in [0, 0.05) is 31.1 Å². The highest BCUT2D eigenvalue weighted by Gasteiger charge is 2.23. The van der Waals surface area contributed by atoms with Gasteiger partial charge in [0.2, 0.25) is 11.8 Å². The van der Waals surface area contributed by atoms with Crippen LogP contribution < -0.4 is 16.0 Å². The minimum atomic E-state index is -0.137. The van der Waals surface area contributed by atoms with E-state index >= 15 is 0 Å². The van der Waals surface area contributed by atoms with Crippen LogP contribution in [-0.2, 0) is 9.59 Å². The third-order valence-corrected chi connectivity index (χ3v) is 3.87. The number of nitrogens with one attached hydrogen (secondary N) is 1. The predicted molar refractivity (Wildman–Crippen MR) is 84.6 cm³/mol. The van der Waals surface area contributed by atoms with Crippen LogP contribution in [0.5, 0.6) is 0 Å². The van der Waals surface area contributed by atoms with E-state index in [9.17, 15) is 9.59 Å². The van der Waals surface area contributed by atoms with Crippen molar-refractivity contribution in [3.63, 3.8) is 0 Å². The predicted octanol–water partition coefficient (Wildman–Crippen LogP) is 2.53. The number of rotatable bonds is 5. The SMILES string of the molecule is CCC(N)CC(=O)Nc1ccc(N2CCCC2=O)c(Cl)c1. The number of nitrogens with two attached hydrogens (primary N) is 1. The first kappa shape index (κ1) is 15.8. The summed E-state index contributed by atoms with van der Waals surface area (Å²) >= 11 is 6.22. The Kier molecular flexibility index (Phi) is 5.20. The fraction of sp³-hybridized carbons (Fsp3) is 0.467. The van der Waals surface area contributed by atoms with Crippen LogP contribution in [-0.4, -0.2) is 24.4 Å². The minimum absolute atomic E-state index is 0.0857. The van der Waals surface area contributed by atoms with Crippen LogP contribution in [0.4, 0.5) is 11.4 Å². The summed E-state index contributed by atoms with van der Waals surface area (Å²) in [6.45, 7) is 2.63. The number of amides is 2. The van der Waals surface area contributed by atoms with Gasteiger partial charge >= 0.3 is 0 Å². The van der Waals surface area contributed by atoms with Gasteiger partial charge in [0.05, 0.1) is 10.7 Å². The molecule has 6 heteroatoms. The molecule has 2 rings (SSSR count). The largest absolute Gasteiger partial charge is 0.327 e. The molecule has 0 bridgehead atoms. The summed E-state index contributed by atoms with van der Waals surface area (Å²) in [6.07, 6.45) is 2.44. The van der Waals surface area contributed by atoms with Gasteiger partial charge in [-0.1, -0.05) is 18.5 Å². The molecular formula is C15H20ClN3O2. The minimum Gasteiger partial charge on any atom is -0.327 e. The number of anilines is 2. The van der Waals surface area contributed by atoms with Gasteiger partial charge in [-0.05, 0) is 31.0 Å². The van der Waals surface area contributed by atoms with E-state index in [0.29, 0.717) is 29.4 Å². The normalized spacial score (nSPS) is 16.1. The van der Waals surface area contributed by atoms with Crippen molar-refractivity contribution >= 4 is 34.8 Å². The molecule has 1 aliphatic rings. The van der Waals surface area contributed by atoms with E-state index in [1.54, 1.807) is 23.1 Å². The zero-order valence-electron chi connectivity index (χ0n) is 12.1. The lowest BCUT2D eigenvalue weighted by molar-refractivity contribution is -0.117. The Morgan fingerprint density at radius 3 is 2.86 bits per heavy atom. The van der Waals surface area contributed by atoms with E-state index in [0.717, 1.165) is 12.8 Å². The molecule has 21 heavy (non-hydrogen) atoms. The van der Waals surface area contributed by atoms with E-state index in [1.165, 1.54) is 0 Å². The van der Waals surface area contributed by atoms with Crippen LogP contribution in [0.2, 0.25) is 5.02 Å². The van der Waals surface area contributed by atoms with Gasteiger partial charge in [0.25, 0.3) is 0 Å². The molecule has 1 unspecified atom stereocenters. The van der Waals surface area contributed by atoms with E-state index in [4.69, 9.17) is 17.3 Å². The van der Waals surface area contributed by atoms with Crippen molar-refractivity contribution in [3.05, 3.63) is 23.2 Å². The average molecular weight is 310 g/mol. The van der Waals surface area contributed by atoms with Crippen molar-refractivity contribution in [1.29, 1.82) is 0 Å². The Morgan fingerprint density at radius 2 is 2.29 bits per heavy atom. The second kappa shape index (κ2) is 6.91. The molecule has 1 aliphatic heterocycles. The Labute approximate surface area is 129 Å². The first-order valence-corrected chi connectivity index (χ1v) is 7.54. The molecule has 114 valence electrons. The second-order valence-corrected chi connectivity index (χ2v) is 5.64. The maximum Gasteiger partial charge on any atom is 0.227 e. The van der Waals surface area contributed by atoms with E-state index in [1.807, 2.05) is 6.92 Å². The number of carbonyl (C=O) groups is 2. The van der Waals surface area contributed by atoms with Gasteiger partial charge in [0.1, 0.15) is 0 Å². The highest BCUT2D eigenvalue weighted by molar-refractivity contribution is 6.34. The average Bonchev–Trinajstić information content (AvgIpc) is 2.84. The summed E-state index contributed by atoms with van der Waals surface area (Å²) < 4.78 is 0. The van der Waals surface area contributed by atoms with Crippen LogP contribution in [0, 0.1) is 0 Å². The lowest BCUT2D eigenvalue weighted by Gasteiger charge is -2.18. The van der Waals surface area contributed by atoms with Crippen molar-refractivity contribution in [1.82, 2.24) is 0 Å². The lowest BCUT2D eigenvalue weighted by atomic mass is 10.1. The van der Waals surface area contributed by atoms with Crippen LogP contribution in [0.25, 0.3) is 0 Å². The van der Waals surface area contributed by atoms with Gasteiger partial charge in [-0.2, -0.15) is 0 Å². The van der Waals surface area contributed by atoms with Crippen LogP contribution >= 0.6 is 11.6 Å². The molecule has 1 aromatic carbocycles. The molecule has 1 fully saturated rings. The molecule has 1 saturated heterocycles. The molecule has 5 nitrogen and oxygen atoms in total. The van der Waals surface area contributed by atoms with Crippen LogP contribution in [0.15, 0.2) is 18.2 Å². The topological polar surface area (TPSA) is 75.4 Å². The Hall–Kier alpha value is -1.59. The molecule has 0 aromatic heterocycles. The van der Waals surface area contributed by atoms with Crippen molar-refractivity contribution in [2.75, 3.05) is 16.8 Å². The summed E-state index contributed by atoms with van der Waals surface area (Å²) in [5.74, 6) is -0.0481. The van der Waals surface area contributed by atoms with E-state index in [-0.39, 0.29) is 24.3 Å². The third-order valence-electron chi connectivity index (χ3n) is 3.57. The van der Waals surface area contributed by atoms with E-state index in [2.05, 4.69) is 5.32 Å². The number of benzene rings is 1. The van der Waals surface area contributed by atoms with Crippen molar-refractivity contribution < 1.29 is 9.59 Å². The quantitative estimate of drug-likeness (QED) is 0.877. The first-order chi connectivity index (χ1) is 10.0. The summed E-state index contributed by atoms with van der Waals surface area (Å²) in [4.78, 5) is 25.2. The number of hydrogen-bond acceptors (Lipinski definition) is 3. The lowest BCUT2D eigenvalue weighted by Crippen LogP contribution is -2.26. The molecule has 3 N–H and O–H groups in total. The van der Waals surface area contributed by atoms with Crippen molar-refractivity contribution in [2.45, 2.75) is 38.6 Å².